The second-order valence-corrected chi connectivity index (χ2v) is 4.89. The number of nitrogens with one attached hydrogen (secondary N) is 1. The summed E-state index contributed by atoms with van der Waals surface area (Å²) in [5.74, 6) is 0.674. The van der Waals surface area contributed by atoms with Crippen LogP contribution in [0.15, 0.2) is 51.6 Å². The lowest BCUT2D eigenvalue weighted by molar-refractivity contribution is 0.0301. The molecule has 2 rings (SSSR count). The molecule has 1 heterocycles. The van der Waals surface area contributed by atoms with E-state index < -0.39 is 0 Å². The summed E-state index contributed by atoms with van der Waals surface area (Å²) in [4.78, 5) is 16.8. The standard InChI is InChI=1S/C14H14BrNO3/c15-12-7-5-11(6-8-12)14(17)16-19-10-2-4-13-3-1-9-18-13/h1,3,5-9H,2,4,10H2,(H,16,17). The highest BCUT2D eigenvalue weighted by Crippen LogP contribution is 2.10. The number of furan rings is 1. The zero-order valence-electron chi connectivity index (χ0n) is 10.3. The lowest BCUT2D eigenvalue weighted by Crippen LogP contribution is -2.24. The Morgan fingerprint density at radius 2 is 2.05 bits per heavy atom. The number of hydrogen-bond acceptors (Lipinski definition) is 3. The molecule has 2 aromatic rings. The number of carbonyl (C=O) groups is 1. The summed E-state index contributed by atoms with van der Waals surface area (Å²) in [6, 6.07) is 10.8. The van der Waals surface area contributed by atoms with Crippen LogP contribution in [0, 0.1) is 0 Å². The van der Waals surface area contributed by atoms with Gasteiger partial charge in [0.1, 0.15) is 5.76 Å². The van der Waals surface area contributed by atoms with Gasteiger partial charge in [-0.25, -0.2) is 5.48 Å². The van der Waals surface area contributed by atoms with Gasteiger partial charge in [0.15, 0.2) is 0 Å². The van der Waals surface area contributed by atoms with Gasteiger partial charge in [-0.15, -0.1) is 0 Å². The highest BCUT2D eigenvalue weighted by atomic mass is 79.9. The summed E-state index contributed by atoms with van der Waals surface area (Å²) in [7, 11) is 0. The molecule has 0 unspecified atom stereocenters. The fourth-order valence-corrected chi connectivity index (χ4v) is 1.81. The van der Waals surface area contributed by atoms with E-state index in [4.69, 9.17) is 9.25 Å². The highest BCUT2D eigenvalue weighted by molar-refractivity contribution is 9.10. The van der Waals surface area contributed by atoms with E-state index in [0.717, 1.165) is 23.1 Å². The Morgan fingerprint density at radius 1 is 1.26 bits per heavy atom. The first-order valence-electron chi connectivity index (χ1n) is 5.96. The number of halogens is 1. The molecule has 100 valence electrons. The van der Waals surface area contributed by atoms with E-state index in [1.807, 2.05) is 24.3 Å². The first-order chi connectivity index (χ1) is 9.25. The maximum atomic E-state index is 11.7. The SMILES string of the molecule is O=C(NOCCCc1ccco1)c1ccc(Br)cc1. The van der Waals surface area contributed by atoms with E-state index in [0.29, 0.717) is 12.2 Å². The van der Waals surface area contributed by atoms with Crippen LogP contribution in [-0.2, 0) is 11.3 Å². The van der Waals surface area contributed by atoms with Gasteiger partial charge >= 0.3 is 0 Å². The van der Waals surface area contributed by atoms with Crippen molar-refractivity contribution >= 4 is 21.8 Å². The first-order valence-corrected chi connectivity index (χ1v) is 6.75. The lowest BCUT2D eigenvalue weighted by atomic mass is 10.2. The molecule has 19 heavy (non-hydrogen) atoms. The highest BCUT2D eigenvalue weighted by Gasteiger charge is 2.04. The van der Waals surface area contributed by atoms with Crippen LogP contribution in [0.5, 0.6) is 0 Å². The molecule has 0 atom stereocenters. The van der Waals surface area contributed by atoms with Gasteiger partial charge in [0.25, 0.3) is 5.91 Å². The van der Waals surface area contributed by atoms with Crippen molar-refractivity contribution in [1.29, 1.82) is 0 Å². The van der Waals surface area contributed by atoms with Crippen LogP contribution in [0.1, 0.15) is 22.5 Å². The Labute approximate surface area is 119 Å². The van der Waals surface area contributed by atoms with E-state index in [-0.39, 0.29) is 5.91 Å². The quantitative estimate of drug-likeness (QED) is 0.655. The lowest BCUT2D eigenvalue weighted by Gasteiger charge is -2.05. The largest absolute Gasteiger partial charge is 0.469 e. The molecule has 0 radical (unpaired) electrons. The molecular formula is C14H14BrNO3. The minimum atomic E-state index is -0.245. The number of hydroxylamine groups is 1. The second-order valence-electron chi connectivity index (χ2n) is 3.97. The van der Waals surface area contributed by atoms with Crippen molar-refractivity contribution in [3.63, 3.8) is 0 Å². The number of rotatable bonds is 6. The summed E-state index contributed by atoms with van der Waals surface area (Å²) >= 11 is 3.31. The number of aryl methyl sites for hydroxylation is 1. The Kier molecular flexibility index (Phi) is 5.18. The van der Waals surface area contributed by atoms with Crippen LogP contribution >= 0.6 is 15.9 Å². The van der Waals surface area contributed by atoms with Crippen LogP contribution < -0.4 is 5.48 Å². The van der Waals surface area contributed by atoms with Gasteiger partial charge in [-0.05, 0) is 42.8 Å². The van der Waals surface area contributed by atoms with Crippen molar-refractivity contribution in [3.8, 4) is 0 Å². The van der Waals surface area contributed by atoms with E-state index in [2.05, 4.69) is 21.4 Å². The van der Waals surface area contributed by atoms with Gasteiger partial charge in [-0.2, -0.15) is 0 Å². The fraction of sp³-hybridized carbons (Fsp3) is 0.214. The molecule has 0 spiro atoms. The van der Waals surface area contributed by atoms with Crippen molar-refractivity contribution in [1.82, 2.24) is 5.48 Å². The maximum Gasteiger partial charge on any atom is 0.274 e. The molecule has 1 N–H and O–H groups in total. The molecule has 0 aliphatic heterocycles. The smallest absolute Gasteiger partial charge is 0.274 e. The normalized spacial score (nSPS) is 10.4. The van der Waals surface area contributed by atoms with Gasteiger partial charge < -0.3 is 4.42 Å². The Hall–Kier alpha value is -1.59. The average molecular weight is 324 g/mol. The van der Waals surface area contributed by atoms with Gasteiger partial charge in [0.2, 0.25) is 0 Å². The van der Waals surface area contributed by atoms with Crippen LogP contribution in [0.2, 0.25) is 0 Å². The van der Waals surface area contributed by atoms with Gasteiger partial charge in [0.05, 0.1) is 12.9 Å². The van der Waals surface area contributed by atoms with Crippen molar-refractivity contribution < 1.29 is 14.0 Å². The number of hydrogen-bond donors (Lipinski definition) is 1. The molecular weight excluding hydrogens is 310 g/mol. The number of carbonyl (C=O) groups excluding carboxylic acids is 1. The molecule has 1 amide bonds. The third kappa shape index (κ3) is 4.54. The minimum absolute atomic E-state index is 0.245. The molecule has 0 bridgehead atoms. The molecule has 0 aliphatic rings. The van der Waals surface area contributed by atoms with E-state index in [1.165, 1.54) is 0 Å². The summed E-state index contributed by atoms with van der Waals surface area (Å²) in [5, 5.41) is 0. The molecule has 5 heteroatoms. The number of benzene rings is 1. The number of amides is 1. The average Bonchev–Trinajstić information content (AvgIpc) is 2.92. The minimum Gasteiger partial charge on any atom is -0.469 e. The Balaban J connectivity index is 1.65. The summed E-state index contributed by atoms with van der Waals surface area (Å²) in [5.41, 5.74) is 2.98. The van der Waals surface area contributed by atoms with Crippen LogP contribution in [0.3, 0.4) is 0 Å². The fourth-order valence-electron chi connectivity index (χ4n) is 1.55. The third-order valence-corrected chi connectivity index (χ3v) is 3.05. The van der Waals surface area contributed by atoms with Crippen LogP contribution in [0.25, 0.3) is 0 Å². The molecule has 0 fully saturated rings. The predicted octanol–water partition coefficient (Wildman–Crippen LogP) is 3.34. The van der Waals surface area contributed by atoms with Gasteiger partial charge in [0, 0.05) is 16.5 Å². The summed E-state index contributed by atoms with van der Waals surface area (Å²) < 4.78 is 6.13. The molecule has 0 saturated heterocycles. The monoisotopic (exact) mass is 323 g/mol. The predicted molar refractivity (Wildman–Crippen MR) is 74.6 cm³/mol. The van der Waals surface area contributed by atoms with Crippen molar-refractivity contribution in [2.75, 3.05) is 6.61 Å². The zero-order chi connectivity index (χ0) is 13.5. The second kappa shape index (κ2) is 7.11. The van der Waals surface area contributed by atoms with E-state index in [1.54, 1.807) is 18.4 Å². The van der Waals surface area contributed by atoms with Gasteiger partial charge in [-0.1, -0.05) is 15.9 Å². The van der Waals surface area contributed by atoms with Crippen molar-refractivity contribution in [3.05, 3.63) is 58.5 Å². The molecule has 0 aliphatic carbocycles. The van der Waals surface area contributed by atoms with E-state index >= 15 is 0 Å². The van der Waals surface area contributed by atoms with Crippen LogP contribution in [-0.4, -0.2) is 12.5 Å². The summed E-state index contributed by atoms with van der Waals surface area (Å²) in [6.07, 6.45) is 3.22. The molecule has 4 nitrogen and oxygen atoms in total. The molecule has 1 aromatic heterocycles. The summed E-state index contributed by atoms with van der Waals surface area (Å²) in [6.45, 7) is 0.447. The van der Waals surface area contributed by atoms with Crippen molar-refractivity contribution in [2.24, 2.45) is 0 Å². The Bertz CT molecular complexity index is 508. The topological polar surface area (TPSA) is 51.5 Å². The van der Waals surface area contributed by atoms with Crippen LogP contribution in [0.4, 0.5) is 0 Å². The molecule has 0 saturated carbocycles. The zero-order valence-corrected chi connectivity index (χ0v) is 11.9. The maximum absolute atomic E-state index is 11.7. The first kappa shape index (κ1) is 13.8. The van der Waals surface area contributed by atoms with Gasteiger partial charge in [-0.3, -0.25) is 9.63 Å². The van der Waals surface area contributed by atoms with E-state index in [9.17, 15) is 4.79 Å². The molecule has 1 aromatic carbocycles. The van der Waals surface area contributed by atoms with Crippen molar-refractivity contribution in [2.45, 2.75) is 12.8 Å². The Morgan fingerprint density at radius 3 is 2.74 bits per heavy atom. The third-order valence-electron chi connectivity index (χ3n) is 2.52.